The molecule has 0 bridgehead atoms. The van der Waals surface area contributed by atoms with E-state index in [0.717, 1.165) is 5.52 Å². The number of aromatic nitrogens is 2. The number of hydrogen-bond acceptors (Lipinski definition) is 4. The molecule has 8 heteroatoms. The topological polar surface area (TPSA) is 86.4 Å². The lowest BCUT2D eigenvalue weighted by Crippen LogP contribution is -2.50. The van der Waals surface area contributed by atoms with Crippen LogP contribution in [0.4, 0.5) is 0 Å². The van der Waals surface area contributed by atoms with Gasteiger partial charge in [0.1, 0.15) is 0 Å². The Morgan fingerprint density at radius 3 is 2.62 bits per heavy atom. The van der Waals surface area contributed by atoms with Gasteiger partial charge >= 0.3 is 0 Å². The zero-order valence-corrected chi connectivity index (χ0v) is 14.7. The van der Waals surface area contributed by atoms with Gasteiger partial charge in [0.15, 0.2) is 0 Å². The number of amides is 1. The molecule has 0 atom stereocenters. The first-order valence-corrected chi connectivity index (χ1v) is 9.53. The van der Waals surface area contributed by atoms with E-state index >= 15 is 0 Å². The fourth-order valence-electron chi connectivity index (χ4n) is 2.88. The van der Waals surface area contributed by atoms with E-state index in [2.05, 4.69) is 9.97 Å². The minimum absolute atomic E-state index is 0.0981. The van der Waals surface area contributed by atoms with Crippen LogP contribution < -0.4 is 0 Å². The van der Waals surface area contributed by atoms with Gasteiger partial charge in [-0.05, 0) is 24.1 Å². The first-order chi connectivity index (χ1) is 11.4. The van der Waals surface area contributed by atoms with Crippen molar-refractivity contribution in [3.05, 3.63) is 24.5 Å². The van der Waals surface area contributed by atoms with Gasteiger partial charge in [0, 0.05) is 32.6 Å². The highest BCUT2D eigenvalue weighted by Crippen LogP contribution is 2.21. The predicted molar refractivity (Wildman–Crippen MR) is 90.9 cm³/mol. The van der Waals surface area contributed by atoms with Gasteiger partial charge in [-0.25, -0.2) is 13.4 Å². The smallest absolute Gasteiger partial charge is 0.243 e. The highest BCUT2D eigenvalue weighted by atomic mass is 32.2. The third-order valence-electron chi connectivity index (χ3n) is 4.20. The normalized spacial score (nSPS) is 16.9. The molecule has 2 aromatic rings. The number of carbonyl (C=O) groups is 1. The van der Waals surface area contributed by atoms with Gasteiger partial charge in [-0.1, -0.05) is 13.8 Å². The van der Waals surface area contributed by atoms with Crippen molar-refractivity contribution in [1.29, 1.82) is 0 Å². The third-order valence-corrected chi connectivity index (χ3v) is 6.10. The molecule has 0 radical (unpaired) electrons. The second-order valence-corrected chi connectivity index (χ2v) is 8.40. The fraction of sp³-hybridized carbons (Fsp3) is 0.500. The predicted octanol–water partition coefficient (Wildman–Crippen LogP) is 1.44. The molecule has 0 aliphatic carbocycles. The molecular formula is C16H22N4O3S. The largest absolute Gasteiger partial charge is 0.345 e. The van der Waals surface area contributed by atoms with E-state index < -0.39 is 10.0 Å². The molecule has 3 rings (SSSR count). The number of nitrogens with zero attached hydrogens (tertiary/aromatic N) is 3. The summed E-state index contributed by atoms with van der Waals surface area (Å²) in [6.45, 7) is 5.54. The first kappa shape index (κ1) is 16.9. The number of imidazole rings is 1. The summed E-state index contributed by atoms with van der Waals surface area (Å²) in [5, 5.41) is 0. The average Bonchev–Trinajstić information content (AvgIpc) is 3.02. The van der Waals surface area contributed by atoms with Crippen molar-refractivity contribution in [1.82, 2.24) is 19.2 Å². The van der Waals surface area contributed by atoms with E-state index in [-0.39, 0.29) is 10.8 Å². The zero-order chi connectivity index (χ0) is 17.3. The minimum Gasteiger partial charge on any atom is -0.345 e. The van der Waals surface area contributed by atoms with Gasteiger partial charge in [-0.3, -0.25) is 4.79 Å². The Hall–Kier alpha value is -1.93. The number of H-pyrrole nitrogens is 1. The highest BCUT2D eigenvalue weighted by molar-refractivity contribution is 7.89. The van der Waals surface area contributed by atoms with Crippen LogP contribution in [0.25, 0.3) is 11.0 Å². The first-order valence-electron chi connectivity index (χ1n) is 8.09. The molecule has 130 valence electrons. The van der Waals surface area contributed by atoms with Crippen LogP contribution in [-0.2, 0) is 14.8 Å². The molecule has 24 heavy (non-hydrogen) atoms. The number of piperazine rings is 1. The number of carbonyl (C=O) groups excluding carboxylic acids is 1. The summed E-state index contributed by atoms with van der Waals surface area (Å²) in [5.41, 5.74) is 1.43. The van der Waals surface area contributed by atoms with Crippen molar-refractivity contribution < 1.29 is 13.2 Å². The Morgan fingerprint density at radius 2 is 1.96 bits per heavy atom. The lowest BCUT2D eigenvalue weighted by atomic mass is 10.1. The molecule has 1 N–H and O–H groups in total. The summed E-state index contributed by atoms with van der Waals surface area (Å²) in [6.07, 6.45) is 2.05. The van der Waals surface area contributed by atoms with Crippen LogP contribution in [-0.4, -0.2) is 59.7 Å². The number of fused-ring (bicyclic) bond motifs is 1. The summed E-state index contributed by atoms with van der Waals surface area (Å²) in [4.78, 5) is 21.1. The average molecular weight is 350 g/mol. The second-order valence-electron chi connectivity index (χ2n) is 6.46. The molecular weight excluding hydrogens is 328 g/mol. The van der Waals surface area contributed by atoms with E-state index in [1.165, 1.54) is 4.31 Å². The van der Waals surface area contributed by atoms with Crippen LogP contribution in [0.5, 0.6) is 0 Å². The molecule has 1 saturated heterocycles. The maximum Gasteiger partial charge on any atom is 0.243 e. The number of benzene rings is 1. The van der Waals surface area contributed by atoms with Gasteiger partial charge in [-0.2, -0.15) is 4.31 Å². The van der Waals surface area contributed by atoms with Crippen LogP contribution in [0, 0.1) is 5.92 Å². The molecule has 1 fully saturated rings. The summed E-state index contributed by atoms with van der Waals surface area (Å²) >= 11 is 0. The maximum atomic E-state index is 12.8. The van der Waals surface area contributed by atoms with Gasteiger partial charge in [0.25, 0.3) is 0 Å². The highest BCUT2D eigenvalue weighted by Gasteiger charge is 2.30. The van der Waals surface area contributed by atoms with E-state index in [0.29, 0.717) is 44.0 Å². The Labute approximate surface area is 141 Å². The molecule has 1 amide bonds. The third kappa shape index (κ3) is 3.29. The lowest BCUT2D eigenvalue weighted by molar-refractivity contribution is -0.133. The Bertz CT molecular complexity index is 836. The van der Waals surface area contributed by atoms with Crippen molar-refractivity contribution in [2.75, 3.05) is 26.2 Å². The van der Waals surface area contributed by atoms with Gasteiger partial charge in [-0.15, -0.1) is 0 Å². The second kappa shape index (κ2) is 6.52. The Morgan fingerprint density at radius 1 is 1.25 bits per heavy atom. The number of sulfonamides is 1. The van der Waals surface area contributed by atoms with Crippen molar-refractivity contribution in [2.24, 2.45) is 5.92 Å². The molecule has 2 heterocycles. The molecule has 7 nitrogen and oxygen atoms in total. The van der Waals surface area contributed by atoms with Crippen molar-refractivity contribution in [3.8, 4) is 0 Å². The monoisotopic (exact) mass is 350 g/mol. The fourth-order valence-corrected chi connectivity index (χ4v) is 4.33. The van der Waals surface area contributed by atoms with Gasteiger partial charge in [0.2, 0.25) is 15.9 Å². The number of nitrogens with one attached hydrogen (secondary N) is 1. The summed E-state index contributed by atoms with van der Waals surface area (Å²) in [5.74, 6) is 0.404. The van der Waals surface area contributed by atoms with Crippen molar-refractivity contribution in [2.45, 2.75) is 25.2 Å². The summed E-state index contributed by atoms with van der Waals surface area (Å²) in [7, 11) is -3.56. The maximum absolute atomic E-state index is 12.8. The van der Waals surface area contributed by atoms with Crippen LogP contribution in [0.3, 0.4) is 0 Å². The van der Waals surface area contributed by atoms with Crippen molar-refractivity contribution >= 4 is 27.0 Å². The van der Waals surface area contributed by atoms with Crippen LogP contribution in [0.2, 0.25) is 0 Å². The van der Waals surface area contributed by atoms with E-state index in [9.17, 15) is 13.2 Å². The summed E-state index contributed by atoms with van der Waals surface area (Å²) in [6, 6.07) is 4.88. The standard InChI is InChI=1S/C16H22N4O3S/c1-12(2)9-16(21)19-5-7-20(8-6-19)24(22,23)13-3-4-14-15(10-13)18-11-17-14/h3-4,10-12H,5-9H2,1-2H3,(H,17,18). The van der Waals surface area contributed by atoms with Crippen LogP contribution in [0.15, 0.2) is 29.4 Å². The van der Waals surface area contributed by atoms with Crippen LogP contribution in [0.1, 0.15) is 20.3 Å². The Balaban J connectivity index is 1.71. The molecule has 1 aromatic heterocycles. The van der Waals surface area contributed by atoms with Crippen molar-refractivity contribution in [3.63, 3.8) is 0 Å². The molecule has 1 aromatic carbocycles. The van der Waals surface area contributed by atoms with E-state index in [1.807, 2.05) is 13.8 Å². The van der Waals surface area contributed by atoms with Crippen LogP contribution >= 0.6 is 0 Å². The number of aromatic amines is 1. The lowest BCUT2D eigenvalue weighted by Gasteiger charge is -2.34. The zero-order valence-electron chi connectivity index (χ0n) is 13.9. The number of hydrogen-bond donors (Lipinski definition) is 1. The molecule has 1 aliphatic heterocycles. The molecule has 0 spiro atoms. The molecule has 1 aliphatic rings. The van der Waals surface area contributed by atoms with E-state index in [4.69, 9.17) is 0 Å². The number of rotatable bonds is 4. The molecule has 0 saturated carbocycles. The van der Waals surface area contributed by atoms with E-state index in [1.54, 1.807) is 29.4 Å². The minimum atomic E-state index is -3.56. The summed E-state index contributed by atoms with van der Waals surface area (Å²) < 4.78 is 27.0. The van der Waals surface area contributed by atoms with Gasteiger partial charge in [0.05, 0.1) is 22.3 Å². The SMILES string of the molecule is CC(C)CC(=O)N1CCN(S(=O)(=O)c2ccc3nc[nH]c3c2)CC1. The quantitative estimate of drug-likeness (QED) is 0.904. The Kier molecular flexibility index (Phi) is 4.60. The molecule has 0 unspecified atom stereocenters. The van der Waals surface area contributed by atoms with Gasteiger partial charge < -0.3 is 9.88 Å².